The van der Waals surface area contributed by atoms with E-state index in [-0.39, 0.29) is 11.7 Å². The predicted octanol–water partition coefficient (Wildman–Crippen LogP) is 3.32. The van der Waals surface area contributed by atoms with Crippen molar-refractivity contribution in [2.75, 3.05) is 5.32 Å². The van der Waals surface area contributed by atoms with Gasteiger partial charge in [-0.05, 0) is 75.5 Å². The van der Waals surface area contributed by atoms with Gasteiger partial charge in [0.1, 0.15) is 5.75 Å². The number of aromatic hydroxyl groups is 1. The molecule has 2 aromatic rings. The van der Waals surface area contributed by atoms with E-state index in [1.54, 1.807) is 30.3 Å². The largest absolute Gasteiger partial charge is 0.506 e. The molecule has 0 aliphatic carbocycles. The molecule has 2 rings (SSSR count). The van der Waals surface area contributed by atoms with E-state index in [0.717, 1.165) is 3.57 Å². The highest BCUT2D eigenvalue weighted by molar-refractivity contribution is 14.1. The van der Waals surface area contributed by atoms with Crippen molar-refractivity contribution in [3.05, 3.63) is 54.7 Å². The van der Waals surface area contributed by atoms with Crippen LogP contribution < -0.4 is 10.7 Å². The Labute approximate surface area is 166 Å². The summed E-state index contributed by atoms with van der Waals surface area (Å²) in [5.74, 6) is -0.519. The highest BCUT2D eigenvalue weighted by atomic mass is 127. The number of nitrogens with one attached hydrogen (secondary N) is 2. The molecule has 8 heteroatoms. The maximum Gasteiger partial charge on any atom is 0.271 e. The van der Waals surface area contributed by atoms with Crippen LogP contribution in [0.4, 0.5) is 5.69 Å². The zero-order valence-electron chi connectivity index (χ0n) is 12.5. The summed E-state index contributed by atoms with van der Waals surface area (Å²) in [6.07, 6.45) is 1.38. The Bertz CT molecular complexity index is 822. The number of benzene rings is 2. The van der Waals surface area contributed by atoms with Crippen molar-refractivity contribution in [3.63, 3.8) is 0 Å². The number of hydrazone groups is 1. The van der Waals surface area contributed by atoms with Crippen molar-refractivity contribution in [2.24, 2.45) is 5.10 Å². The number of carbonyl (C=O) groups excluding carboxylic acids is 2. The van der Waals surface area contributed by atoms with E-state index in [4.69, 9.17) is 0 Å². The third-order valence-corrected chi connectivity index (χ3v) is 4.32. The Morgan fingerprint density at radius 1 is 1.21 bits per heavy atom. The van der Waals surface area contributed by atoms with Crippen LogP contribution in [-0.2, 0) is 4.79 Å². The van der Waals surface area contributed by atoms with Gasteiger partial charge in [-0.3, -0.25) is 9.59 Å². The van der Waals surface area contributed by atoms with Crippen LogP contribution in [0.3, 0.4) is 0 Å². The molecule has 24 heavy (non-hydrogen) atoms. The minimum atomic E-state index is -0.418. The number of rotatable bonds is 4. The topological polar surface area (TPSA) is 90.8 Å². The van der Waals surface area contributed by atoms with Crippen LogP contribution in [0.25, 0.3) is 0 Å². The highest BCUT2D eigenvalue weighted by Crippen LogP contribution is 2.25. The van der Waals surface area contributed by atoms with Crippen molar-refractivity contribution in [1.29, 1.82) is 0 Å². The van der Waals surface area contributed by atoms with Crippen LogP contribution in [-0.4, -0.2) is 23.1 Å². The zero-order chi connectivity index (χ0) is 17.7. The molecule has 3 N–H and O–H groups in total. The van der Waals surface area contributed by atoms with Gasteiger partial charge in [-0.1, -0.05) is 6.07 Å². The van der Waals surface area contributed by atoms with Crippen LogP contribution in [0.2, 0.25) is 0 Å². The van der Waals surface area contributed by atoms with E-state index >= 15 is 0 Å². The molecule has 0 unspecified atom stereocenters. The van der Waals surface area contributed by atoms with Gasteiger partial charge in [-0.2, -0.15) is 5.10 Å². The summed E-state index contributed by atoms with van der Waals surface area (Å²) >= 11 is 4.16. The highest BCUT2D eigenvalue weighted by Gasteiger charge is 2.07. The average Bonchev–Trinajstić information content (AvgIpc) is 2.51. The van der Waals surface area contributed by atoms with E-state index in [2.05, 4.69) is 38.4 Å². The second-order valence-corrected chi connectivity index (χ2v) is 7.19. The molecule has 0 radical (unpaired) electrons. The lowest BCUT2D eigenvalue weighted by Crippen LogP contribution is -2.18. The summed E-state index contributed by atoms with van der Waals surface area (Å²) in [6, 6.07) is 10.1. The molecule has 0 spiro atoms. The SMILES string of the molecule is CC(=O)Nc1cccc(C(=O)N/N=C\c2cc(I)cc(I)c2O)c1. The van der Waals surface area contributed by atoms with Crippen LogP contribution in [0.1, 0.15) is 22.8 Å². The molecule has 0 saturated heterocycles. The number of phenols is 1. The van der Waals surface area contributed by atoms with Crippen molar-refractivity contribution in [1.82, 2.24) is 5.43 Å². The molecular formula is C16H13I2N3O3. The van der Waals surface area contributed by atoms with Crippen molar-refractivity contribution in [2.45, 2.75) is 6.92 Å². The van der Waals surface area contributed by atoms with E-state index in [1.807, 2.05) is 28.7 Å². The van der Waals surface area contributed by atoms with Crippen LogP contribution in [0, 0.1) is 7.14 Å². The first-order valence-corrected chi connectivity index (χ1v) is 8.91. The number of nitrogens with zero attached hydrogens (tertiary/aromatic N) is 1. The summed E-state index contributed by atoms with van der Waals surface area (Å²) in [5.41, 5.74) is 3.80. The second-order valence-electron chi connectivity index (χ2n) is 4.79. The molecule has 0 bridgehead atoms. The number of hydrogen-bond acceptors (Lipinski definition) is 4. The lowest BCUT2D eigenvalue weighted by Gasteiger charge is -2.05. The number of halogens is 2. The molecule has 0 aliphatic heterocycles. The second kappa shape index (κ2) is 8.42. The number of phenolic OH excluding ortho intramolecular Hbond substituents is 1. The van der Waals surface area contributed by atoms with Gasteiger partial charge in [-0.15, -0.1) is 0 Å². The predicted molar refractivity (Wildman–Crippen MR) is 109 cm³/mol. The zero-order valence-corrected chi connectivity index (χ0v) is 16.8. The summed E-state index contributed by atoms with van der Waals surface area (Å²) in [6.45, 7) is 1.39. The van der Waals surface area contributed by atoms with Gasteiger partial charge in [0.25, 0.3) is 5.91 Å². The summed E-state index contributed by atoms with van der Waals surface area (Å²) in [5, 5.41) is 16.5. The maximum absolute atomic E-state index is 12.1. The van der Waals surface area contributed by atoms with Gasteiger partial charge < -0.3 is 10.4 Å². The van der Waals surface area contributed by atoms with Gasteiger partial charge >= 0.3 is 0 Å². The molecule has 124 valence electrons. The van der Waals surface area contributed by atoms with E-state index in [0.29, 0.717) is 20.4 Å². The first-order valence-electron chi connectivity index (χ1n) is 6.76. The number of carbonyl (C=O) groups is 2. The van der Waals surface area contributed by atoms with Gasteiger partial charge in [0.15, 0.2) is 0 Å². The third kappa shape index (κ3) is 5.16. The Hall–Kier alpha value is -1.69. The lowest BCUT2D eigenvalue weighted by atomic mass is 10.2. The van der Waals surface area contributed by atoms with Gasteiger partial charge in [0.05, 0.1) is 9.78 Å². The average molecular weight is 549 g/mol. The lowest BCUT2D eigenvalue weighted by molar-refractivity contribution is -0.114. The third-order valence-electron chi connectivity index (χ3n) is 2.87. The quantitative estimate of drug-likeness (QED) is 0.311. The number of hydrogen-bond donors (Lipinski definition) is 3. The Kier molecular flexibility index (Phi) is 6.54. The summed E-state index contributed by atoms with van der Waals surface area (Å²) in [4.78, 5) is 23.1. The van der Waals surface area contributed by atoms with Gasteiger partial charge in [0.2, 0.25) is 5.91 Å². The monoisotopic (exact) mass is 549 g/mol. The molecule has 0 fully saturated rings. The first-order chi connectivity index (χ1) is 11.4. The minimum absolute atomic E-state index is 0.113. The van der Waals surface area contributed by atoms with Crippen molar-refractivity contribution in [3.8, 4) is 5.75 Å². The molecule has 0 heterocycles. The van der Waals surface area contributed by atoms with Gasteiger partial charge in [-0.25, -0.2) is 5.43 Å². The number of anilines is 1. The molecule has 0 atom stereocenters. The van der Waals surface area contributed by atoms with Crippen molar-refractivity contribution < 1.29 is 14.7 Å². The molecule has 0 aliphatic rings. The summed E-state index contributed by atoms with van der Waals surface area (Å²) in [7, 11) is 0. The Balaban J connectivity index is 2.09. The van der Waals surface area contributed by atoms with Crippen LogP contribution in [0.5, 0.6) is 5.75 Å². The molecule has 0 aromatic heterocycles. The van der Waals surface area contributed by atoms with Crippen LogP contribution in [0.15, 0.2) is 41.5 Å². The van der Waals surface area contributed by atoms with Gasteiger partial charge in [0, 0.05) is 27.3 Å². The Morgan fingerprint density at radius 2 is 1.96 bits per heavy atom. The van der Waals surface area contributed by atoms with Crippen molar-refractivity contribution >= 4 is 68.9 Å². The molecular weight excluding hydrogens is 536 g/mol. The fourth-order valence-corrected chi connectivity index (χ4v) is 3.74. The fraction of sp³-hybridized carbons (Fsp3) is 0.0625. The molecule has 2 amide bonds. The van der Waals surface area contributed by atoms with E-state index in [1.165, 1.54) is 13.1 Å². The standard InChI is InChI=1S/C16H13I2N3O3/c1-9(22)20-13-4-2-3-10(6-13)16(24)21-19-8-11-5-12(17)7-14(18)15(11)23/h2-8,23H,1H3,(H,20,22)(H,21,24)/b19-8-. The molecule has 0 saturated carbocycles. The first kappa shape index (κ1) is 18.6. The summed E-state index contributed by atoms with van der Waals surface area (Å²) < 4.78 is 1.65. The van der Waals surface area contributed by atoms with E-state index < -0.39 is 5.91 Å². The minimum Gasteiger partial charge on any atom is -0.506 e. The normalized spacial score (nSPS) is 10.6. The Morgan fingerprint density at radius 3 is 2.67 bits per heavy atom. The smallest absolute Gasteiger partial charge is 0.271 e. The molecule has 2 aromatic carbocycles. The van der Waals surface area contributed by atoms with Crippen LogP contribution >= 0.6 is 45.2 Å². The maximum atomic E-state index is 12.1. The number of amides is 2. The van der Waals surface area contributed by atoms with E-state index in [9.17, 15) is 14.7 Å². The fourth-order valence-electron chi connectivity index (χ4n) is 1.85. The molecule has 6 nitrogen and oxygen atoms in total.